The molecule has 0 amide bonds. The minimum atomic E-state index is -0.648. The molecule has 0 aliphatic heterocycles. The van der Waals surface area contributed by atoms with Gasteiger partial charge in [-0.3, -0.25) is 0 Å². The third kappa shape index (κ3) is 4.59. The van der Waals surface area contributed by atoms with E-state index in [4.69, 9.17) is 22.1 Å². The van der Waals surface area contributed by atoms with Crippen molar-refractivity contribution < 1.29 is 14.2 Å². The number of aliphatic hydroxyl groups is 1. The minimum Gasteiger partial charge on any atom is -0.491 e. The van der Waals surface area contributed by atoms with Crippen molar-refractivity contribution in [3.63, 3.8) is 0 Å². The van der Waals surface area contributed by atoms with Gasteiger partial charge in [0, 0.05) is 24.7 Å². The smallest absolute Gasteiger partial charge is 0.145 e. The predicted molar refractivity (Wildman–Crippen MR) is 76.5 cm³/mol. The maximum atomic E-state index is 13.2. The van der Waals surface area contributed by atoms with E-state index in [9.17, 15) is 9.50 Å². The highest BCUT2D eigenvalue weighted by Crippen LogP contribution is 2.20. The van der Waals surface area contributed by atoms with Gasteiger partial charge in [-0.25, -0.2) is 4.39 Å². The van der Waals surface area contributed by atoms with Gasteiger partial charge in [0.2, 0.25) is 0 Å². The molecule has 1 saturated carbocycles. The van der Waals surface area contributed by atoms with Gasteiger partial charge in [-0.1, -0.05) is 11.6 Å². The van der Waals surface area contributed by atoms with E-state index in [2.05, 4.69) is 5.32 Å². The lowest BCUT2D eigenvalue weighted by Crippen LogP contribution is -2.37. The Hall–Kier alpha value is -0.880. The number of halogens is 2. The summed E-state index contributed by atoms with van der Waals surface area (Å²) >= 11 is 5.58. The van der Waals surface area contributed by atoms with Crippen molar-refractivity contribution in [2.75, 3.05) is 13.2 Å². The fourth-order valence-electron chi connectivity index (χ4n) is 2.32. The molecule has 6 heteroatoms. The standard InChI is InChI=1S/C14H20ClFN2O2/c15-13-4-3-12(6-14(13)16)20-8-11(19)7-18-10-2-1-9(17)5-10/h3-4,6,9-11,18-19H,1-2,5,7-8,17H2/t9-,10-,11?/m0/s1. The first kappa shape index (κ1) is 15.5. The quantitative estimate of drug-likeness (QED) is 0.748. The van der Waals surface area contributed by atoms with E-state index in [0.717, 1.165) is 19.3 Å². The Bertz CT molecular complexity index is 447. The second-order valence-electron chi connectivity index (χ2n) is 5.22. The SMILES string of the molecule is N[C@H]1CC[C@H](NCC(O)COc2ccc(Cl)c(F)c2)C1. The summed E-state index contributed by atoms with van der Waals surface area (Å²) < 4.78 is 18.5. The van der Waals surface area contributed by atoms with Gasteiger partial charge < -0.3 is 20.9 Å². The summed E-state index contributed by atoms with van der Waals surface area (Å²) in [5.41, 5.74) is 5.82. The second-order valence-corrected chi connectivity index (χ2v) is 5.63. The second kappa shape index (κ2) is 7.22. The Morgan fingerprint density at radius 1 is 1.50 bits per heavy atom. The highest BCUT2D eigenvalue weighted by Gasteiger charge is 2.21. The molecule has 1 aliphatic rings. The van der Waals surface area contributed by atoms with Crippen LogP contribution in [0, 0.1) is 5.82 Å². The molecule has 4 nitrogen and oxygen atoms in total. The maximum Gasteiger partial charge on any atom is 0.145 e. The Morgan fingerprint density at radius 3 is 2.95 bits per heavy atom. The zero-order chi connectivity index (χ0) is 14.5. The first-order chi connectivity index (χ1) is 9.54. The molecule has 2 rings (SSSR count). The highest BCUT2D eigenvalue weighted by molar-refractivity contribution is 6.30. The largest absolute Gasteiger partial charge is 0.491 e. The maximum absolute atomic E-state index is 13.2. The van der Waals surface area contributed by atoms with Gasteiger partial charge in [-0.05, 0) is 31.4 Å². The van der Waals surface area contributed by atoms with Crippen LogP contribution in [-0.4, -0.2) is 36.4 Å². The summed E-state index contributed by atoms with van der Waals surface area (Å²) in [5.74, 6) is -0.175. The molecule has 20 heavy (non-hydrogen) atoms. The van der Waals surface area contributed by atoms with Gasteiger partial charge in [-0.2, -0.15) is 0 Å². The van der Waals surface area contributed by atoms with E-state index < -0.39 is 11.9 Å². The summed E-state index contributed by atoms with van der Waals surface area (Å²) in [4.78, 5) is 0. The third-order valence-electron chi connectivity index (χ3n) is 3.45. The molecule has 1 aromatic rings. The molecule has 0 spiro atoms. The Kier molecular flexibility index (Phi) is 5.60. The summed E-state index contributed by atoms with van der Waals surface area (Å²) in [6.45, 7) is 0.542. The normalized spacial score (nSPS) is 23.8. The molecule has 1 unspecified atom stereocenters. The van der Waals surface area contributed by atoms with Crippen LogP contribution in [0.3, 0.4) is 0 Å². The van der Waals surface area contributed by atoms with E-state index in [1.54, 1.807) is 6.07 Å². The molecular weight excluding hydrogens is 283 g/mol. The number of nitrogens with one attached hydrogen (secondary N) is 1. The average molecular weight is 303 g/mol. The fourth-order valence-corrected chi connectivity index (χ4v) is 2.44. The Balaban J connectivity index is 1.69. The minimum absolute atomic E-state index is 0.0529. The van der Waals surface area contributed by atoms with Crippen LogP contribution >= 0.6 is 11.6 Å². The number of hydrogen-bond acceptors (Lipinski definition) is 4. The zero-order valence-electron chi connectivity index (χ0n) is 11.2. The molecule has 1 fully saturated rings. The number of aliphatic hydroxyl groups excluding tert-OH is 1. The number of benzene rings is 1. The van der Waals surface area contributed by atoms with E-state index in [1.807, 2.05) is 0 Å². The number of nitrogens with two attached hydrogens (primary N) is 1. The van der Waals surface area contributed by atoms with Crippen molar-refractivity contribution in [3.05, 3.63) is 29.0 Å². The third-order valence-corrected chi connectivity index (χ3v) is 3.76. The van der Waals surface area contributed by atoms with Gasteiger partial charge in [0.1, 0.15) is 24.3 Å². The highest BCUT2D eigenvalue weighted by atomic mass is 35.5. The fraction of sp³-hybridized carbons (Fsp3) is 0.571. The van der Waals surface area contributed by atoms with Crippen molar-refractivity contribution in [3.8, 4) is 5.75 Å². The molecule has 0 saturated heterocycles. The Labute approximate surface area is 123 Å². The van der Waals surface area contributed by atoms with Crippen LogP contribution in [0.2, 0.25) is 5.02 Å². The van der Waals surface area contributed by atoms with Crippen molar-refractivity contribution in [1.29, 1.82) is 0 Å². The van der Waals surface area contributed by atoms with Crippen LogP contribution in [-0.2, 0) is 0 Å². The van der Waals surface area contributed by atoms with E-state index in [-0.39, 0.29) is 17.7 Å². The van der Waals surface area contributed by atoms with E-state index >= 15 is 0 Å². The van der Waals surface area contributed by atoms with E-state index in [0.29, 0.717) is 18.3 Å². The average Bonchev–Trinajstić information content (AvgIpc) is 2.83. The lowest BCUT2D eigenvalue weighted by atomic mass is 10.2. The predicted octanol–water partition coefficient (Wildman–Crippen LogP) is 1.69. The van der Waals surface area contributed by atoms with Crippen LogP contribution in [0.4, 0.5) is 4.39 Å². The van der Waals surface area contributed by atoms with Crippen molar-refractivity contribution in [2.45, 2.75) is 37.5 Å². The Morgan fingerprint density at radius 2 is 2.30 bits per heavy atom. The molecule has 3 atom stereocenters. The summed E-state index contributed by atoms with van der Waals surface area (Å²) in [7, 11) is 0. The first-order valence-electron chi connectivity index (χ1n) is 6.79. The van der Waals surface area contributed by atoms with Gasteiger partial charge in [-0.15, -0.1) is 0 Å². The van der Waals surface area contributed by atoms with Crippen molar-refractivity contribution in [2.24, 2.45) is 5.73 Å². The number of ether oxygens (including phenoxy) is 1. The molecule has 0 radical (unpaired) electrons. The zero-order valence-corrected chi connectivity index (χ0v) is 11.9. The molecule has 0 heterocycles. The molecule has 1 aliphatic carbocycles. The van der Waals surface area contributed by atoms with Crippen molar-refractivity contribution >= 4 is 11.6 Å². The number of rotatable bonds is 6. The van der Waals surface area contributed by atoms with Crippen LogP contribution in [0.1, 0.15) is 19.3 Å². The van der Waals surface area contributed by atoms with Crippen LogP contribution in [0.25, 0.3) is 0 Å². The summed E-state index contributed by atoms with van der Waals surface area (Å²) in [5, 5.41) is 13.1. The van der Waals surface area contributed by atoms with Gasteiger partial charge in [0.15, 0.2) is 0 Å². The number of hydrogen-bond donors (Lipinski definition) is 3. The molecular formula is C14H20ClFN2O2. The monoisotopic (exact) mass is 302 g/mol. The molecule has 4 N–H and O–H groups in total. The van der Waals surface area contributed by atoms with Gasteiger partial charge >= 0.3 is 0 Å². The molecule has 0 aromatic heterocycles. The molecule has 1 aromatic carbocycles. The molecule has 0 bridgehead atoms. The topological polar surface area (TPSA) is 67.5 Å². The molecule has 112 valence electrons. The van der Waals surface area contributed by atoms with Crippen LogP contribution in [0.15, 0.2) is 18.2 Å². The van der Waals surface area contributed by atoms with E-state index in [1.165, 1.54) is 12.1 Å². The lowest BCUT2D eigenvalue weighted by Gasteiger charge is -2.17. The summed E-state index contributed by atoms with van der Waals surface area (Å²) in [6.07, 6.45) is 2.35. The van der Waals surface area contributed by atoms with Gasteiger partial charge in [0.25, 0.3) is 0 Å². The van der Waals surface area contributed by atoms with Crippen LogP contribution in [0.5, 0.6) is 5.75 Å². The first-order valence-corrected chi connectivity index (χ1v) is 7.17. The summed E-state index contributed by atoms with van der Waals surface area (Å²) in [6, 6.07) is 4.84. The van der Waals surface area contributed by atoms with Crippen LogP contribution < -0.4 is 15.8 Å². The van der Waals surface area contributed by atoms with Crippen molar-refractivity contribution in [1.82, 2.24) is 5.32 Å². The lowest BCUT2D eigenvalue weighted by molar-refractivity contribution is 0.103. The van der Waals surface area contributed by atoms with Gasteiger partial charge in [0.05, 0.1) is 5.02 Å².